The summed E-state index contributed by atoms with van der Waals surface area (Å²) in [4.78, 5) is 0. The van der Waals surface area contributed by atoms with Gasteiger partial charge in [0.2, 0.25) is 0 Å². The number of halogens is 3. The Balaban J connectivity index is 2.31. The van der Waals surface area contributed by atoms with E-state index in [0.29, 0.717) is 27.2 Å². The summed E-state index contributed by atoms with van der Waals surface area (Å²) >= 11 is 18.2. The highest BCUT2D eigenvalue weighted by atomic mass is 35.5. The Morgan fingerprint density at radius 1 is 0.944 bits per heavy atom. The van der Waals surface area contributed by atoms with Crippen LogP contribution in [0.25, 0.3) is 0 Å². The molecular weight excluding hydrogens is 291 g/mol. The van der Waals surface area contributed by atoms with Crippen LogP contribution < -0.4 is 11.3 Å². The van der Waals surface area contributed by atoms with E-state index in [-0.39, 0.29) is 0 Å². The van der Waals surface area contributed by atoms with Gasteiger partial charge in [0.1, 0.15) is 0 Å². The number of benzene rings is 2. The standard InChI is InChI=1S/C13H11Cl3N2/c14-9-3-1-8(2-4-9)5-11-12(15)6-10(18-17)7-13(11)16/h1-4,6-7,18H,5,17H2. The zero-order chi connectivity index (χ0) is 13.1. The average molecular weight is 302 g/mol. The third-order valence-electron chi connectivity index (χ3n) is 2.60. The van der Waals surface area contributed by atoms with Gasteiger partial charge in [-0.2, -0.15) is 0 Å². The van der Waals surface area contributed by atoms with Crippen molar-refractivity contribution in [3.05, 3.63) is 62.6 Å². The van der Waals surface area contributed by atoms with E-state index in [1.807, 2.05) is 24.3 Å². The van der Waals surface area contributed by atoms with E-state index < -0.39 is 0 Å². The summed E-state index contributed by atoms with van der Waals surface area (Å²) in [6.07, 6.45) is 0.652. The van der Waals surface area contributed by atoms with Crippen LogP contribution in [0.4, 0.5) is 5.69 Å². The number of rotatable bonds is 3. The fourth-order valence-electron chi connectivity index (χ4n) is 1.66. The molecule has 0 heterocycles. The smallest absolute Gasteiger partial charge is 0.0514 e. The summed E-state index contributed by atoms with van der Waals surface area (Å²) in [6, 6.07) is 11.1. The van der Waals surface area contributed by atoms with Gasteiger partial charge in [0.25, 0.3) is 0 Å². The Kier molecular flexibility index (Phi) is 4.36. The summed E-state index contributed by atoms with van der Waals surface area (Å²) in [5, 5.41) is 1.88. The molecule has 0 atom stereocenters. The van der Waals surface area contributed by atoms with Gasteiger partial charge in [-0.25, -0.2) is 0 Å². The number of anilines is 1. The minimum absolute atomic E-state index is 0.588. The minimum Gasteiger partial charge on any atom is -0.324 e. The zero-order valence-corrected chi connectivity index (χ0v) is 11.7. The van der Waals surface area contributed by atoms with Crippen LogP contribution in [0.3, 0.4) is 0 Å². The Hall–Kier alpha value is -0.930. The zero-order valence-electron chi connectivity index (χ0n) is 9.38. The molecule has 0 aliphatic heterocycles. The van der Waals surface area contributed by atoms with Gasteiger partial charge < -0.3 is 5.43 Å². The highest BCUT2D eigenvalue weighted by Crippen LogP contribution is 2.30. The molecule has 0 amide bonds. The van der Waals surface area contributed by atoms with Crippen molar-refractivity contribution in [3.8, 4) is 0 Å². The van der Waals surface area contributed by atoms with Crippen LogP contribution in [0.5, 0.6) is 0 Å². The van der Waals surface area contributed by atoms with Gasteiger partial charge in [0.05, 0.1) is 5.69 Å². The van der Waals surface area contributed by atoms with E-state index in [1.165, 1.54) is 0 Å². The van der Waals surface area contributed by atoms with Crippen molar-refractivity contribution in [2.75, 3.05) is 5.43 Å². The van der Waals surface area contributed by atoms with Gasteiger partial charge in [-0.3, -0.25) is 5.84 Å². The van der Waals surface area contributed by atoms with Crippen molar-refractivity contribution in [3.63, 3.8) is 0 Å². The van der Waals surface area contributed by atoms with Crippen LogP contribution in [-0.2, 0) is 6.42 Å². The Morgan fingerprint density at radius 2 is 1.50 bits per heavy atom. The SMILES string of the molecule is NNc1cc(Cl)c(Cc2ccc(Cl)cc2)c(Cl)c1. The monoisotopic (exact) mass is 300 g/mol. The van der Waals surface area contributed by atoms with Crippen molar-refractivity contribution in [2.24, 2.45) is 5.84 Å². The molecule has 2 aromatic rings. The predicted molar refractivity (Wildman–Crippen MR) is 78.5 cm³/mol. The maximum Gasteiger partial charge on any atom is 0.0514 e. The molecule has 2 aromatic carbocycles. The first-order valence-corrected chi connectivity index (χ1v) is 6.42. The minimum atomic E-state index is 0.588. The Morgan fingerprint density at radius 3 is 2.00 bits per heavy atom. The van der Waals surface area contributed by atoms with Crippen molar-refractivity contribution >= 4 is 40.5 Å². The molecule has 2 nitrogen and oxygen atoms in total. The molecule has 94 valence electrons. The number of hydrogen-bond acceptors (Lipinski definition) is 2. The van der Waals surface area contributed by atoms with E-state index in [1.54, 1.807) is 12.1 Å². The van der Waals surface area contributed by atoms with Gasteiger partial charge in [-0.15, -0.1) is 0 Å². The molecule has 0 spiro atoms. The van der Waals surface area contributed by atoms with Crippen molar-refractivity contribution in [2.45, 2.75) is 6.42 Å². The number of hydrazine groups is 1. The first-order chi connectivity index (χ1) is 8.60. The van der Waals surface area contributed by atoms with E-state index in [2.05, 4.69) is 5.43 Å². The fourth-order valence-corrected chi connectivity index (χ4v) is 2.41. The Labute approximate surface area is 121 Å². The van der Waals surface area contributed by atoms with Crippen LogP contribution in [0, 0.1) is 0 Å². The maximum absolute atomic E-state index is 6.19. The van der Waals surface area contributed by atoms with Gasteiger partial charge in [-0.05, 0) is 35.4 Å². The average Bonchev–Trinajstić information content (AvgIpc) is 2.35. The van der Waals surface area contributed by atoms with Crippen LogP contribution in [0.15, 0.2) is 36.4 Å². The fraction of sp³-hybridized carbons (Fsp3) is 0.0769. The van der Waals surface area contributed by atoms with Gasteiger partial charge in [-0.1, -0.05) is 46.9 Å². The molecule has 0 saturated heterocycles. The first-order valence-electron chi connectivity index (χ1n) is 5.29. The molecule has 0 saturated carbocycles. The van der Waals surface area contributed by atoms with Crippen molar-refractivity contribution in [1.29, 1.82) is 0 Å². The van der Waals surface area contributed by atoms with E-state index in [9.17, 15) is 0 Å². The second kappa shape index (κ2) is 5.81. The largest absolute Gasteiger partial charge is 0.324 e. The third-order valence-corrected chi connectivity index (χ3v) is 3.53. The second-order valence-electron chi connectivity index (χ2n) is 3.87. The van der Waals surface area contributed by atoms with E-state index in [4.69, 9.17) is 40.6 Å². The van der Waals surface area contributed by atoms with Gasteiger partial charge >= 0.3 is 0 Å². The summed E-state index contributed by atoms with van der Waals surface area (Å²) in [6.45, 7) is 0. The molecule has 18 heavy (non-hydrogen) atoms. The van der Waals surface area contributed by atoms with Crippen molar-refractivity contribution < 1.29 is 0 Å². The number of nitrogens with two attached hydrogens (primary N) is 1. The topological polar surface area (TPSA) is 38.0 Å². The number of nitrogen functional groups attached to an aromatic ring is 1. The van der Waals surface area contributed by atoms with Crippen LogP contribution >= 0.6 is 34.8 Å². The van der Waals surface area contributed by atoms with E-state index in [0.717, 1.165) is 11.1 Å². The van der Waals surface area contributed by atoms with Crippen LogP contribution in [0.2, 0.25) is 15.1 Å². The molecule has 0 aliphatic carbocycles. The molecule has 0 fully saturated rings. The molecule has 0 radical (unpaired) electrons. The van der Waals surface area contributed by atoms with Crippen molar-refractivity contribution in [1.82, 2.24) is 0 Å². The molecule has 0 aromatic heterocycles. The van der Waals surface area contributed by atoms with Crippen LogP contribution in [-0.4, -0.2) is 0 Å². The lowest BCUT2D eigenvalue weighted by atomic mass is 10.0. The van der Waals surface area contributed by atoms with Crippen LogP contribution in [0.1, 0.15) is 11.1 Å². The molecule has 0 unspecified atom stereocenters. The highest BCUT2D eigenvalue weighted by molar-refractivity contribution is 6.36. The molecule has 2 rings (SSSR count). The molecule has 0 aliphatic rings. The maximum atomic E-state index is 6.19. The summed E-state index contributed by atoms with van der Waals surface area (Å²) in [7, 11) is 0. The molecular formula is C13H11Cl3N2. The Bertz CT molecular complexity index is 530. The summed E-state index contributed by atoms with van der Waals surface area (Å²) in [5.74, 6) is 5.32. The lowest BCUT2D eigenvalue weighted by molar-refractivity contribution is 1.19. The summed E-state index contributed by atoms with van der Waals surface area (Å²) < 4.78 is 0. The lowest BCUT2D eigenvalue weighted by Gasteiger charge is -2.10. The molecule has 3 N–H and O–H groups in total. The van der Waals surface area contributed by atoms with Gasteiger partial charge in [0, 0.05) is 21.5 Å². The van der Waals surface area contributed by atoms with Gasteiger partial charge in [0.15, 0.2) is 0 Å². The quantitative estimate of drug-likeness (QED) is 0.646. The highest BCUT2D eigenvalue weighted by Gasteiger charge is 2.09. The summed E-state index contributed by atoms with van der Waals surface area (Å²) in [5.41, 5.74) is 5.17. The number of nitrogens with one attached hydrogen (secondary N) is 1. The second-order valence-corrected chi connectivity index (χ2v) is 5.12. The molecule has 5 heteroatoms. The third kappa shape index (κ3) is 3.09. The molecule has 0 bridgehead atoms. The van der Waals surface area contributed by atoms with E-state index >= 15 is 0 Å². The normalized spacial score (nSPS) is 10.4. The predicted octanol–water partition coefficient (Wildman–Crippen LogP) is 4.52. The number of hydrogen-bond donors (Lipinski definition) is 2. The lowest BCUT2D eigenvalue weighted by Crippen LogP contribution is -2.07. The first kappa shape index (κ1) is 13.5.